The van der Waals surface area contributed by atoms with Gasteiger partial charge >= 0.3 is 0 Å². The van der Waals surface area contributed by atoms with Crippen LogP contribution in [0.4, 0.5) is 5.69 Å². The molecule has 0 aliphatic heterocycles. The van der Waals surface area contributed by atoms with E-state index in [2.05, 4.69) is 12.6 Å². The topological polar surface area (TPSA) is 52.4 Å². The number of benzene rings is 1. The van der Waals surface area contributed by atoms with Gasteiger partial charge in [-0.15, -0.1) is 0 Å². The van der Waals surface area contributed by atoms with Crippen molar-refractivity contribution < 1.29 is 9.66 Å². The quantitative estimate of drug-likeness (QED) is 0.504. The minimum atomic E-state index is -0.366. The Balaban J connectivity index is 2.03. The summed E-state index contributed by atoms with van der Waals surface area (Å²) in [5, 5.41) is 10.8. The minimum absolute atomic E-state index is 0.138. The van der Waals surface area contributed by atoms with Crippen molar-refractivity contribution in [3.8, 4) is 5.75 Å². The van der Waals surface area contributed by atoms with Gasteiger partial charge in [-0.25, -0.2) is 0 Å². The van der Waals surface area contributed by atoms with Crippen LogP contribution in [0.15, 0.2) is 18.2 Å². The number of hydrogen-bond acceptors (Lipinski definition) is 4. The van der Waals surface area contributed by atoms with Gasteiger partial charge in [0.15, 0.2) is 0 Å². The molecule has 1 aromatic rings. The zero-order valence-electron chi connectivity index (χ0n) is 11.8. The van der Waals surface area contributed by atoms with Crippen LogP contribution >= 0.6 is 12.6 Å². The fourth-order valence-corrected chi connectivity index (χ4v) is 3.22. The molecule has 1 aliphatic carbocycles. The average Bonchev–Trinajstić information content (AvgIpc) is 2.46. The van der Waals surface area contributed by atoms with Crippen LogP contribution in [0.25, 0.3) is 0 Å². The standard InChI is InChI=1S/C15H21NO3S/c1-12-9-13(5-6-14(12)16(17)18)19-10-15(11-20)7-3-2-4-8-15/h5-6,9,20H,2-4,7-8,10-11H2,1H3. The van der Waals surface area contributed by atoms with Crippen molar-refractivity contribution in [3.05, 3.63) is 33.9 Å². The Morgan fingerprint density at radius 3 is 2.60 bits per heavy atom. The van der Waals surface area contributed by atoms with E-state index in [1.54, 1.807) is 19.1 Å². The van der Waals surface area contributed by atoms with E-state index in [-0.39, 0.29) is 16.0 Å². The third-order valence-corrected chi connectivity index (χ3v) is 4.83. The molecule has 0 atom stereocenters. The summed E-state index contributed by atoms with van der Waals surface area (Å²) < 4.78 is 5.88. The van der Waals surface area contributed by atoms with Gasteiger partial charge in [-0.05, 0) is 37.7 Å². The molecule has 0 amide bonds. The predicted octanol–water partition coefficient (Wildman–Crippen LogP) is 4.16. The SMILES string of the molecule is Cc1cc(OCC2(CS)CCCCC2)ccc1[N+](=O)[O-]. The van der Waals surface area contributed by atoms with Crippen LogP contribution in [0.1, 0.15) is 37.7 Å². The van der Waals surface area contributed by atoms with Crippen LogP contribution in [0.3, 0.4) is 0 Å². The van der Waals surface area contributed by atoms with Crippen molar-refractivity contribution in [3.63, 3.8) is 0 Å². The molecule has 0 aromatic heterocycles. The highest BCUT2D eigenvalue weighted by Crippen LogP contribution is 2.38. The van der Waals surface area contributed by atoms with E-state index in [1.165, 1.54) is 25.3 Å². The van der Waals surface area contributed by atoms with E-state index < -0.39 is 0 Å². The summed E-state index contributed by atoms with van der Waals surface area (Å²) in [5.41, 5.74) is 0.937. The molecule has 110 valence electrons. The fourth-order valence-electron chi connectivity index (χ4n) is 2.81. The molecule has 0 unspecified atom stereocenters. The van der Waals surface area contributed by atoms with Crippen molar-refractivity contribution in [1.29, 1.82) is 0 Å². The van der Waals surface area contributed by atoms with Gasteiger partial charge in [-0.2, -0.15) is 12.6 Å². The molecule has 2 rings (SSSR count). The molecule has 0 N–H and O–H groups in total. The molecule has 0 heterocycles. The number of nitrogens with zero attached hydrogens (tertiary/aromatic N) is 1. The number of rotatable bonds is 5. The number of thiol groups is 1. The van der Waals surface area contributed by atoms with Crippen LogP contribution in [-0.4, -0.2) is 17.3 Å². The highest BCUT2D eigenvalue weighted by molar-refractivity contribution is 7.80. The number of ether oxygens (including phenoxy) is 1. The van der Waals surface area contributed by atoms with Gasteiger partial charge in [-0.1, -0.05) is 19.3 Å². The second-order valence-corrected chi connectivity index (χ2v) is 6.03. The highest BCUT2D eigenvalue weighted by Gasteiger charge is 2.31. The molecular formula is C15H21NO3S. The van der Waals surface area contributed by atoms with Crippen LogP contribution in [-0.2, 0) is 0 Å². The molecule has 1 fully saturated rings. The van der Waals surface area contributed by atoms with Gasteiger partial charge in [0, 0.05) is 17.0 Å². The van der Waals surface area contributed by atoms with Gasteiger partial charge in [0.2, 0.25) is 0 Å². The van der Waals surface area contributed by atoms with E-state index in [0.29, 0.717) is 17.9 Å². The average molecular weight is 295 g/mol. The maximum Gasteiger partial charge on any atom is 0.272 e. The molecule has 0 bridgehead atoms. The summed E-state index contributed by atoms with van der Waals surface area (Å²) in [5.74, 6) is 1.54. The van der Waals surface area contributed by atoms with Gasteiger partial charge in [-0.3, -0.25) is 10.1 Å². The van der Waals surface area contributed by atoms with Gasteiger partial charge in [0.1, 0.15) is 5.75 Å². The lowest BCUT2D eigenvalue weighted by molar-refractivity contribution is -0.385. The summed E-state index contributed by atoms with van der Waals surface area (Å²) in [6, 6.07) is 4.94. The zero-order chi connectivity index (χ0) is 14.6. The molecule has 1 saturated carbocycles. The van der Waals surface area contributed by atoms with Crippen molar-refractivity contribution in [1.82, 2.24) is 0 Å². The Morgan fingerprint density at radius 2 is 2.05 bits per heavy atom. The monoisotopic (exact) mass is 295 g/mol. The van der Waals surface area contributed by atoms with Crippen LogP contribution in [0.2, 0.25) is 0 Å². The van der Waals surface area contributed by atoms with Gasteiger partial charge < -0.3 is 4.74 Å². The third-order valence-electron chi connectivity index (χ3n) is 4.16. The van der Waals surface area contributed by atoms with Crippen molar-refractivity contribution in [2.24, 2.45) is 5.41 Å². The minimum Gasteiger partial charge on any atom is -0.493 e. The van der Waals surface area contributed by atoms with Crippen LogP contribution in [0, 0.1) is 22.5 Å². The second-order valence-electron chi connectivity index (χ2n) is 5.71. The Hall–Kier alpha value is -1.23. The Kier molecular flexibility index (Phi) is 4.91. The molecule has 1 aliphatic rings. The van der Waals surface area contributed by atoms with E-state index in [1.807, 2.05) is 0 Å². The largest absolute Gasteiger partial charge is 0.493 e. The summed E-state index contributed by atoms with van der Waals surface area (Å²) in [6.45, 7) is 2.38. The molecular weight excluding hydrogens is 274 g/mol. The van der Waals surface area contributed by atoms with E-state index in [9.17, 15) is 10.1 Å². The molecule has 4 nitrogen and oxygen atoms in total. The first-order valence-corrected chi connectivity index (χ1v) is 7.68. The van der Waals surface area contributed by atoms with E-state index in [0.717, 1.165) is 18.6 Å². The molecule has 5 heteroatoms. The van der Waals surface area contributed by atoms with Crippen LogP contribution < -0.4 is 4.74 Å². The summed E-state index contributed by atoms with van der Waals surface area (Å²) in [4.78, 5) is 10.4. The third kappa shape index (κ3) is 3.45. The second kappa shape index (κ2) is 6.48. The molecule has 0 spiro atoms. The predicted molar refractivity (Wildman–Crippen MR) is 82.7 cm³/mol. The number of hydrogen-bond donors (Lipinski definition) is 1. The molecule has 1 aromatic carbocycles. The summed E-state index contributed by atoms with van der Waals surface area (Å²) >= 11 is 4.49. The van der Waals surface area contributed by atoms with Gasteiger partial charge in [0.25, 0.3) is 5.69 Å². The number of aryl methyl sites for hydroxylation is 1. The zero-order valence-corrected chi connectivity index (χ0v) is 12.7. The lowest BCUT2D eigenvalue weighted by atomic mass is 9.76. The lowest BCUT2D eigenvalue weighted by Crippen LogP contribution is -2.32. The maximum atomic E-state index is 10.8. The van der Waals surface area contributed by atoms with E-state index in [4.69, 9.17) is 4.74 Å². The first-order valence-electron chi connectivity index (χ1n) is 7.05. The normalized spacial score (nSPS) is 17.7. The smallest absolute Gasteiger partial charge is 0.272 e. The first-order chi connectivity index (χ1) is 9.56. The maximum absolute atomic E-state index is 10.8. The van der Waals surface area contributed by atoms with Crippen molar-refractivity contribution in [2.45, 2.75) is 39.0 Å². The Labute approximate surface area is 125 Å². The first kappa shape index (κ1) is 15.2. The Morgan fingerprint density at radius 1 is 1.35 bits per heavy atom. The fraction of sp³-hybridized carbons (Fsp3) is 0.600. The lowest BCUT2D eigenvalue weighted by Gasteiger charge is -2.35. The summed E-state index contributed by atoms with van der Waals surface area (Å²) in [6.07, 6.45) is 6.09. The van der Waals surface area contributed by atoms with Crippen LogP contribution in [0.5, 0.6) is 5.75 Å². The van der Waals surface area contributed by atoms with Crippen molar-refractivity contribution in [2.75, 3.05) is 12.4 Å². The summed E-state index contributed by atoms with van der Waals surface area (Å²) in [7, 11) is 0. The molecule has 0 radical (unpaired) electrons. The number of nitro benzene ring substituents is 1. The number of nitro groups is 1. The Bertz CT molecular complexity index is 484. The molecule has 20 heavy (non-hydrogen) atoms. The van der Waals surface area contributed by atoms with Crippen molar-refractivity contribution >= 4 is 18.3 Å². The molecule has 0 saturated heterocycles. The van der Waals surface area contributed by atoms with E-state index >= 15 is 0 Å². The van der Waals surface area contributed by atoms with Gasteiger partial charge in [0.05, 0.1) is 11.5 Å². The highest BCUT2D eigenvalue weighted by atomic mass is 32.1.